The maximum Gasteiger partial charge on any atom is 0.264 e. The van der Waals surface area contributed by atoms with Crippen LogP contribution in [0.5, 0.6) is 0 Å². The summed E-state index contributed by atoms with van der Waals surface area (Å²) in [5.41, 5.74) is 0.607. The van der Waals surface area contributed by atoms with Crippen LogP contribution in [0.3, 0.4) is 0 Å². The number of likely N-dealkylation sites (tertiary alicyclic amines) is 1. The van der Waals surface area contributed by atoms with Crippen LogP contribution in [0.15, 0.2) is 18.2 Å². The highest BCUT2D eigenvalue weighted by molar-refractivity contribution is 7.21. The number of carbonyl (C=O) groups excluding carboxylic acids is 2. The molecule has 3 rings (SSSR count). The number of hydrogen-bond acceptors (Lipinski definition) is 4. The Labute approximate surface area is 156 Å². The molecule has 2 aromatic rings. The molecule has 0 radical (unpaired) electrons. The highest BCUT2D eigenvalue weighted by atomic mass is 32.1. The van der Waals surface area contributed by atoms with Crippen LogP contribution in [0, 0.1) is 5.82 Å². The third-order valence-corrected chi connectivity index (χ3v) is 5.83. The number of amides is 2. The summed E-state index contributed by atoms with van der Waals surface area (Å²) in [7, 11) is 1.54. The second-order valence-corrected chi connectivity index (χ2v) is 7.52. The molecule has 1 aliphatic heterocycles. The lowest BCUT2D eigenvalue weighted by atomic mass is 10.0. The van der Waals surface area contributed by atoms with E-state index in [2.05, 4.69) is 5.32 Å². The van der Waals surface area contributed by atoms with Crippen LogP contribution in [-0.2, 0) is 16.1 Å². The van der Waals surface area contributed by atoms with E-state index in [0.717, 1.165) is 17.5 Å². The molecule has 1 atom stereocenters. The molecule has 2 amide bonds. The van der Waals surface area contributed by atoms with Gasteiger partial charge in [-0.05, 0) is 25.0 Å². The van der Waals surface area contributed by atoms with Crippen molar-refractivity contribution in [2.24, 2.45) is 0 Å². The maximum absolute atomic E-state index is 14.3. The molecule has 1 aromatic carbocycles. The highest BCUT2D eigenvalue weighted by Gasteiger charge is 2.29. The van der Waals surface area contributed by atoms with Crippen LogP contribution in [0.2, 0.25) is 0 Å². The van der Waals surface area contributed by atoms with Gasteiger partial charge in [0.05, 0.1) is 11.5 Å². The van der Waals surface area contributed by atoms with E-state index in [1.54, 1.807) is 11.0 Å². The number of rotatable bonds is 5. The van der Waals surface area contributed by atoms with Crippen molar-refractivity contribution in [1.82, 2.24) is 10.2 Å². The van der Waals surface area contributed by atoms with Gasteiger partial charge in [-0.15, -0.1) is 11.3 Å². The van der Waals surface area contributed by atoms with Gasteiger partial charge in [0.2, 0.25) is 5.91 Å². The normalized spacial score (nSPS) is 17.5. The van der Waals surface area contributed by atoms with Crippen LogP contribution in [0.1, 0.15) is 41.4 Å². The van der Waals surface area contributed by atoms with Gasteiger partial charge in [-0.25, -0.2) is 4.39 Å². The maximum atomic E-state index is 14.3. The summed E-state index contributed by atoms with van der Waals surface area (Å²) in [5, 5.41) is 3.43. The van der Waals surface area contributed by atoms with Crippen molar-refractivity contribution < 1.29 is 18.7 Å². The zero-order valence-corrected chi connectivity index (χ0v) is 15.8. The second kappa shape index (κ2) is 8.14. The lowest BCUT2D eigenvalue weighted by Gasteiger charge is -2.33. The van der Waals surface area contributed by atoms with E-state index in [4.69, 9.17) is 4.74 Å². The molecule has 1 fully saturated rings. The number of hydrogen-bond donors (Lipinski definition) is 1. The minimum atomic E-state index is -0.337. The Balaban J connectivity index is 1.88. The SMILES string of the molecule is CCC(=O)N[C@H]1CCCN(C(=O)c2sc3cccc(F)c3c2COC)C1. The second-order valence-electron chi connectivity index (χ2n) is 6.47. The number of carbonyl (C=O) groups is 2. The molecule has 0 spiro atoms. The van der Waals surface area contributed by atoms with Crippen molar-refractivity contribution in [1.29, 1.82) is 0 Å². The summed E-state index contributed by atoms with van der Waals surface area (Å²) < 4.78 is 20.3. The Hall–Kier alpha value is -1.99. The molecule has 1 aliphatic rings. The Bertz CT molecular complexity index is 820. The van der Waals surface area contributed by atoms with Crippen molar-refractivity contribution in [3.05, 3.63) is 34.5 Å². The van der Waals surface area contributed by atoms with Crippen molar-refractivity contribution in [3.8, 4) is 0 Å². The Morgan fingerprint density at radius 1 is 1.42 bits per heavy atom. The zero-order chi connectivity index (χ0) is 18.7. The molecule has 0 unspecified atom stereocenters. The molecule has 1 N–H and O–H groups in total. The molecule has 26 heavy (non-hydrogen) atoms. The van der Waals surface area contributed by atoms with E-state index in [1.807, 2.05) is 13.0 Å². The van der Waals surface area contributed by atoms with E-state index >= 15 is 0 Å². The standard InChI is InChI=1S/C19H23FN2O3S/c1-3-16(23)21-12-6-5-9-22(10-12)19(24)18-13(11-25-2)17-14(20)7-4-8-15(17)26-18/h4,7-8,12H,3,5-6,9-11H2,1-2H3,(H,21,23)/t12-/m0/s1. The monoisotopic (exact) mass is 378 g/mol. The molecule has 140 valence electrons. The first kappa shape index (κ1) is 18.8. The molecule has 7 heteroatoms. The Morgan fingerprint density at radius 3 is 2.96 bits per heavy atom. The van der Waals surface area contributed by atoms with Gasteiger partial charge in [-0.3, -0.25) is 9.59 Å². The van der Waals surface area contributed by atoms with E-state index in [0.29, 0.717) is 35.3 Å². The van der Waals surface area contributed by atoms with Crippen LogP contribution in [0.4, 0.5) is 4.39 Å². The summed E-state index contributed by atoms with van der Waals surface area (Å²) >= 11 is 1.30. The van der Waals surface area contributed by atoms with E-state index in [9.17, 15) is 14.0 Å². The van der Waals surface area contributed by atoms with Crippen molar-refractivity contribution in [3.63, 3.8) is 0 Å². The fraction of sp³-hybridized carbons (Fsp3) is 0.474. The van der Waals surface area contributed by atoms with Gasteiger partial charge in [-0.2, -0.15) is 0 Å². The number of fused-ring (bicyclic) bond motifs is 1. The van der Waals surface area contributed by atoms with Gasteiger partial charge in [0.15, 0.2) is 0 Å². The van der Waals surface area contributed by atoms with Crippen LogP contribution >= 0.6 is 11.3 Å². The van der Waals surface area contributed by atoms with E-state index in [-0.39, 0.29) is 30.3 Å². The van der Waals surface area contributed by atoms with Gasteiger partial charge in [0, 0.05) is 48.3 Å². The number of benzene rings is 1. The van der Waals surface area contributed by atoms with Crippen LogP contribution in [0.25, 0.3) is 10.1 Å². The first-order valence-electron chi connectivity index (χ1n) is 8.82. The first-order valence-corrected chi connectivity index (χ1v) is 9.64. The van der Waals surface area contributed by atoms with Crippen molar-refractivity contribution >= 4 is 33.2 Å². The number of nitrogens with zero attached hydrogens (tertiary/aromatic N) is 1. The number of methoxy groups -OCH3 is 1. The fourth-order valence-electron chi connectivity index (χ4n) is 3.37. The average Bonchev–Trinajstić information content (AvgIpc) is 3.01. The van der Waals surface area contributed by atoms with E-state index in [1.165, 1.54) is 24.5 Å². The van der Waals surface area contributed by atoms with Gasteiger partial charge >= 0.3 is 0 Å². The molecule has 0 bridgehead atoms. The van der Waals surface area contributed by atoms with E-state index < -0.39 is 0 Å². The number of halogens is 1. The summed E-state index contributed by atoms with van der Waals surface area (Å²) in [6.45, 7) is 3.11. The predicted molar refractivity (Wildman–Crippen MR) is 99.9 cm³/mol. The minimum absolute atomic E-state index is 0.00620. The minimum Gasteiger partial charge on any atom is -0.380 e. The molecule has 1 saturated heterocycles. The van der Waals surface area contributed by atoms with Gasteiger partial charge in [-0.1, -0.05) is 13.0 Å². The first-order chi connectivity index (χ1) is 12.5. The fourth-order valence-corrected chi connectivity index (χ4v) is 4.56. The van der Waals surface area contributed by atoms with Crippen molar-refractivity contribution in [2.45, 2.75) is 38.8 Å². The lowest BCUT2D eigenvalue weighted by molar-refractivity contribution is -0.121. The third-order valence-electron chi connectivity index (χ3n) is 4.64. The molecule has 1 aromatic heterocycles. The van der Waals surface area contributed by atoms with Gasteiger partial charge < -0.3 is 15.0 Å². The third kappa shape index (κ3) is 3.73. The number of nitrogens with one attached hydrogen (secondary N) is 1. The zero-order valence-electron chi connectivity index (χ0n) is 15.0. The Morgan fingerprint density at radius 2 is 2.23 bits per heavy atom. The number of ether oxygens (including phenoxy) is 1. The molecular formula is C19H23FN2O3S. The number of piperidine rings is 1. The molecule has 0 saturated carbocycles. The largest absolute Gasteiger partial charge is 0.380 e. The average molecular weight is 378 g/mol. The summed E-state index contributed by atoms with van der Waals surface area (Å²) in [4.78, 5) is 27.1. The smallest absolute Gasteiger partial charge is 0.264 e. The van der Waals surface area contributed by atoms with Gasteiger partial charge in [0.25, 0.3) is 5.91 Å². The lowest BCUT2D eigenvalue weighted by Crippen LogP contribution is -2.49. The number of thiophene rings is 1. The summed E-state index contributed by atoms with van der Waals surface area (Å²) in [6.07, 6.45) is 2.12. The Kier molecular flexibility index (Phi) is 5.88. The van der Waals surface area contributed by atoms with Crippen molar-refractivity contribution in [2.75, 3.05) is 20.2 Å². The topological polar surface area (TPSA) is 58.6 Å². The van der Waals surface area contributed by atoms with Gasteiger partial charge in [0.1, 0.15) is 5.82 Å². The molecule has 5 nitrogen and oxygen atoms in total. The quantitative estimate of drug-likeness (QED) is 0.868. The molecule has 0 aliphatic carbocycles. The molecular weight excluding hydrogens is 355 g/mol. The van der Waals surface area contributed by atoms with Crippen LogP contribution in [-0.4, -0.2) is 43.0 Å². The molecule has 2 heterocycles. The highest BCUT2D eigenvalue weighted by Crippen LogP contribution is 2.35. The van der Waals surface area contributed by atoms with Crippen LogP contribution < -0.4 is 5.32 Å². The predicted octanol–water partition coefficient (Wildman–Crippen LogP) is 3.32. The summed E-state index contributed by atoms with van der Waals surface area (Å²) in [6, 6.07) is 4.84. The summed E-state index contributed by atoms with van der Waals surface area (Å²) in [5.74, 6) is -0.460.